The molecular formula is C24H32N5O3+. The van der Waals surface area contributed by atoms with E-state index in [0.717, 1.165) is 43.7 Å². The number of piperidine rings is 4. The molecular weight excluding hydrogens is 406 g/mol. The number of carbonyl (C=O) groups excluding carboxylic acids is 2. The summed E-state index contributed by atoms with van der Waals surface area (Å²) in [6.07, 6.45) is 5.64. The summed E-state index contributed by atoms with van der Waals surface area (Å²) in [7, 11) is 1.44. The van der Waals surface area contributed by atoms with Crippen molar-refractivity contribution < 1.29 is 19.2 Å². The maximum Gasteiger partial charge on any atom is 0.308 e. The minimum absolute atomic E-state index is 0.0610. The zero-order chi connectivity index (χ0) is 22.1. The van der Waals surface area contributed by atoms with E-state index in [4.69, 9.17) is 4.74 Å². The maximum absolute atomic E-state index is 13.3. The summed E-state index contributed by atoms with van der Waals surface area (Å²) in [4.78, 5) is 28.6. The number of hydrogen-bond donors (Lipinski definition) is 1. The Morgan fingerprint density at radius 3 is 2.62 bits per heavy atom. The normalized spacial score (nSPS) is 28.0. The lowest BCUT2D eigenvalue weighted by molar-refractivity contribution is -0.945. The highest BCUT2D eigenvalue weighted by atomic mass is 16.5. The molecule has 4 fully saturated rings. The van der Waals surface area contributed by atoms with Gasteiger partial charge in [-0.3, -0.25) is 9.59 Å². The monoisotopic (exact) mass is 438 g/mol. The fourth-order valence-corrected chi connectivity index (χ4v) is 5.89. The second kappa shape index (κ2) is 9.02. The third kappa shape index (κ3) is 4.16. The van der Waals surface area contributed by atoms with Gasteiger partial charge in [0.15, 0.2) is 0 Å². The third-order valence-corrected chi connectivity index (χ3v) is 7.73. The van der Waals surface area contributed by atoms with Crippen molar-refractivity contribution in [2.45, 2.75) is 38.3 Å². The van der Waals surface area contributed by atoms with Crippen LogP contribution < -0.4 is 4.90 Å². The largest absolute Gasteiger partial charge is 0.469 e. The van der Waals surface area contributed by atoms with Crippen molar-refractivity contribution in [3.05, 3.63) is 36.5 Å². The van der Waals surface area contributed by atoms with Crippen LogP contribution in [-0.4, -0.2) is 71.1 Å². The number of amides is 1. The Kier molecular flexibility index (Phi) is 5.95. The number of ether oxygens (including phenoxy) is 1. The molecule has 6 rings (SSSR count). The van der Waals surface area contributed by atoms with Gasteiger partial charge < -0.3 is 14.5 Å². The molecule has 1 N–H and O–H groups in total. The number of fused-ring (bicyclic) bond motifs is 3. The molecule has 4 aliphatic heterocycles. The Labute approximate surface area is 188 Å². The number of likely N-dealkylation sites (tertiary alicyclic amines) is 1. The molecule has 0 spiro atoms. The SMILES string of the molecule is COC(=O)C1CCN(C(=O)[C@H]2C[NH+]3CC[C@H]2C[C@@H]3Cn2cc(-c3ccccc3)nn2)CC1. The second-order valence-electron chi connectivity index (χ2n) is 9.51. The summed E-state index contributed by atoms with van der Waals surface area (Å²) in [6.45, 7) is 4.22. The number of rotatable bonds is 5. The molecule has 4 aliphatic rings. The van der Waals surface area contributed by atoms with Gasteiger partial charge in [0.2, 0.25) is 5.91 Å². The van der Waals surface area contributed by atoms with E-state index < -0.39 is 0 Å². The Morgan fingerprint density at radius 2 is 1.94 bits per heavy atom. The summed E-state index contributed by atoms with van der Waals surface area (Å²) < 4.78 is 6.84. The maximum atomic E-state index is 13.3. The van der Waals surface area contributed by atoms with Crippen molar-refractivity contribution >= 4 is 11.9 Å². The van der Waals surface area contributed by atoms with Gasteiger partial charge >= 0.3 is 5.97 Å². The summed E-state index contributed by atoms with van der Waals surface area (Å²) in [5.74, 6) is 0.645. The molecule has 8 nitrogen and oxygen atoms in total. The average molecular weight is 439 g/mol. The number of benzene rings is 1. The zero-order valence-corrected chi connectivity index (χ0v) is 18.7. The molecule has 1 aromatic carbocycles. The Hall–Kier alpha value is -2.74. The highest BCUT2D eigenvalue weighted by Crippen LogP contribution is 2.30. The van der Waals surface area contributed by atoms with Crippen LogP contribution in [0.2, 0.25) is 0 Å². The second-order valence-corrected chi connectivity index (χ2v) is 9.51. The molecule has 170 valence electrons. The first-order chi connectivity index (χ1) is 15.6. The first-order valence-electron chi connectivity index (χ1n) is 11.8. The Morgan fingerprint density at radius 1 is 1.16 bits per heavy atom. The lowest BCUT2D eigenvalue weighted by Gasteiger charge is -2.47. The van der Waals surface area contributed by atoms with E-state index in [-0.39, 0.29) is 17.8 Å². The standard InChI is InChI=1S/C24H31N5O3/c1-32-24(31)18-7-10-27(11-8-18)23(30)21-15-28-12-9-19(21)13-20(28)14-29-16-22(25-26-29)17-5-3-2-4-6-17/h2-6,16,18-21H,7-15H2,1H3/p+1/t19-,20+,21-/m0/s1. The van der Waals surface area contributed by atoms with Gasteiger partial charge in [-0.1, -0.05) is 35.5 Å². The van der Waals surface area contributed by atoms with Crippen molar-refractivity contribution in [3.63, 3.8) is 0 Å². The van der Waals surface area contributed by atoms with Gasteiger partial charge in [-0.05, 0) is 18.8 Å². The molecule has 0 aliphatic carbocycles. The van der Waals surface area contributed by atoms with E-state index in [9.17, 15) is 9.59 Å². The van der Waals surface area contributed by atoms with Crippen molar-refractivity contribution in [2.24, 2.45) is 17.8 Å². The van der Waals surface area contributed by atoms with Gasteiger partial charge in [-0.2, -0.15) is 0 Å². The van der Waals surface area contributed by atoms with E-state index in [1.165, 1.54) is 12.0 Å². The third-order valence-electron chi connectivity index (χ3n) is 7.73. The first-order valence-corrected chi connectivity index (χ1v) is 11.8. The van der Waals surface area contributed by atoms with Crippen LogP contribution >= 0.6 is 0 Å². The molecule has 1 unspecified atom stereocenters. The molecule has 0 radical (unpaired) electrons. The molecule has 4 atom stereocenters. The lowest BCUT2D eigenvalue weighted by atomic mass is 9.74. The average Bonchev–Trinajstić information content (AvgIpc) is 3.32. The number of quaternary nitrogens is 1. The number of nitrogens with zero attached hydrogens (tertiary/aromatic N) is 4. The van der Waals surface area contributed by atoms with Crippen LogP contribution in [0, 0.1) is 17.8 Å². The van der Waals surface area contributed by atoms with Crippen molar-refractivity contribution in [1.29, 1.82) is 0 Å². The van der Waals surface area contributed by atoms with Gasteiger partial charge in [0.1, 0.15) is 11.7 Å². The molecule has 0 saturated carbocycles. The lowest BCUT2D eigenvalue weighted by Crippen LogP contribution is -3.20. The van der Waals surface area contributed by atoms with E-state index in [0.29, 0.717) is 43.8 Å². The highest BCUT2D eigenvalue weighted by molar-refractivity contribution is 5.80. The summed E-state index contributed by atoms with van der Waals surface area (Å²) in [5.41, 5.74) is 1.98. The fourth-order valence-electron chi connectivity index (χ4n) is 5.89. The highest BCUT2D eigenvalue weighted by Gasteiger charge is 2.48. The number of aromatic nitrogens is 3. The number of esters is 1. The number of carbonyl (C=O) groups is 2. The van der Waals surface area contributed by atoms with E-state index in [1.54, 1.807) is 0 Å². The summed E-state index contributed by atoms with van der Waals surface area (Å²) >= 11 is 0. The number of methoxy groups -OCH3 is 1. The van der Waals surface area contributed by atoms with Gasteiger partial charge in [0.05, 0.1) is 44.8 Å². The predicted octanol–water partition coefficient (Wildman–Crippen LogP) is 0.650. The van der Waals surface area contributed by atoms with Crippen molar-refractivity contribution in [1.82, 2.24) is 19.9 Å². The minimum atomic E-state index is -0.143. The Bertz CT molecular complexity index is 954. The quantitative estimate of drug-likeness (QED) is 0.694. The van der Waals surface area contributed by atoms with Crippen molar-refractivity contribution in [3.8, 4) is 11.3 Å². The Balaban J connectivity index is 1.18. The van der Waals surface area contributed by atoms with Crippen LogP contribution in [0.25, 0.3) is 11.3 Å². The molecule has 8 heteroatoms. The van der Waals surface area contributed by atoms with Gasteiger partial charge in [-0.25, -0.2) is 4.68 Å². The van der Waals surface area contributed by atoms with Crippen LogP contribution in [0.1, 0.15) is 25.7 Å². The van der Waals surface area contributed by atoms with E-state index in [1.807, 2.05) is 34.0 Å². The van der Waals surface area contributed by atoms with Gasteiger partial charge in [0.25, 0.3) is 0 Å². The molecule has 32 heavy (non-hydrogen) atoms. The fraction of sp³-hybridized carbons (Fsp3) is 0.583. The minimum Gasteiger partial charge on any atom is -0.469 e. The van der Waals surface area contributed by atoms with Crippen LogP contribution in [0.4, 0.5) is 0 Å². The predicted molar refractivity (Wildman–Crippen MR) is 117 cm³/mol. The molecule has 1 amide bonds. The van der Waals surface area contributed by atoms with Crippen LogP contribution in [0.3, 0.4) is 0 Å². The molecule has 5 heterocycles. The molecule has 4 saturated heterocycles. The topological polar surface area (TPSA) is 81.8 Å². The van der Waals surface area contributed by atoms with Crippen LogP contribution in [-0.2, 0) is 20.9 Å². The molecule has 2 bridgehead atoms. The van der Waals surface area contributed by atoms with E-state index >= 15 is 0 Å². The number of nitrogens with one attached hydrogen (secondary N) is 1. The zero-order valence-electron chi connectivity index (χ0n) is 18.7. The van der Waals surface area contributed by atoms with Crippen LogP contribution in [0.15, 0.2) is 36.5 Å². The first kappa shape index (κ1) is 21.1. The van der Waals surface area contributed by atoms with E-state index in [2.05, 4.69) is 22.4 Å². The molecule has 2 aromatic rings. The van der Waals surface area contributed by atoms with Crippen molar-refractivity contribution in [2.75, 3.05) is 33.3 Å². The van der Waals surface area contributed by atoms with Gasteiger partial charge in [0, 0.05) is 31.5 Å². The summed E-state index contributed by atoms with van der Waals surface area (Å²) in [5, 5.41) is 8.72. The molecule has 1 aromatic heterocycles. The number of hydrogen-bond acceptors (Lipinski definition) is 5. The van der Waals surface area contributed by atoms with Crippen LogP contribution in [0.5, 0.6) is 0 Å². The smallest absolute Gasteiger partial charge is 0.308 e. The van der Waals surface area contributed by atoms with Gasteiger partial charge in [-0.15, -0.1) is 5.10 Å². The summed E-state index contributed by atoms with van der Waals surface area (Å²) in [6, 6.07) is 10.6.